The van der Waals surface area contributed by atoms with Gasteiger partial charge in [0, 0.05) is 76.7 Å². The summed E-state index contributed by atoms with van der Waals surface area (Å²) >= 11 is 10.3. The van der Waals surface area contributed by atoms with Crippen LogP contribution in [-0.2, 0) is 16.2 Å². The Morgan fingerprint density at radius 3 is 1.27 bits per heavy atom. The Morgan fingerprint density at radius 2 is 0.729 bits per heavy atom. The van der Waals surface area contributed by atoms with Crippen molar-refractivity contribution in [2.45, 2.75) is 84.5 Å². The summed E-state index contributed by atoms with van der Waals surface area (Å²) in [5, 5.41) is 5.25. The van der Waals surface area contributed by atoms with Crippen molar-refractivity contribution in [2.24, 2.45) is 0 Å². The Kier molecular flexibility index (Phi) is 14.3. The first-order valence-electron chi connectivity index (χ1n) is 29.5. The van der Waals surface area contributed by atoms with Crippen LogP contribution in [0.25, 0.3) is 42.1 Å². The number of fused-ring (bicyclic) bond motifs is 6. The van der Waals surface area contributed by atoms with Crippen LogP contribution >= 0.6 is 22.9 Å². The van der Waals surface area contributed by atoms with Crippen molar-refractivity contribution in [1.82, 2.24) is 0 Å². The van der Waals surface area contributed by atoms with Gasteiger partial charge in [0.1, 0.15) is 11.2 Å². The standard InChI is InChI=1S/C79H70ClN3OS/c1-77(2,3)55-31-37-58(38-32-55)81(63-44-46-72-68(50-63)65-27-16-18-29-71(65)84-72)61-25-20-26-62(49-61)82(59-39-33-56(34-40-59)78(4,5)6)69-47-54(75(52-21-12-10-13-22-52)53-23-14-11-15-24-53)48-70(76(69)80)83(60-41-35-57(36-42-60)79(7,8)9)64-43-45-67-66-28-17-19-30-73(66)85-74(67)51-64/h10-51,75H,1-9H3. The van der Waals surface area contributed by atoms with E-state index in [9.17, 15) is 0 Å². The Balaban J connectivity index is 1.09. The quantitative estimate of drug-likeness (QED) is 0.114. The van der Waals surface area contributed by atoms with Crippen LogP contribution in [0.3, 0.4) is 0 Å². The van der Waals surface area contributed by atoms with E-state index in [4.69, 9.17) is 16.0 Å². The highest BCUT2D eigenvalue weighted by Gasteiger charge is 2.30. The zero-order valence-corrected chi connectivity index (χ0v) is 51.4. The van der Waals surface area contributed by atoms with Gasteiger partial charge in [0.15, 0.2) is 0 Å². The number of hydrogen-bond acceptors (Lipinski definition) is 5. The minimum Gasteiger partial charge on any atom is -0.456 e. The van der Waals surface area contributed by atoms with Crippen LogP contribution in [0.2, 0.25) is 5.02 Å². The molecule has 0 fully saturated rings. The molecule has 4 nitrogen and oxygen atoms in total. The number of thiophene rings is 1. The van der Waals surface area contributed by atoms with Gasteiger partial charge in [-0.15, -0.1) is 11.3 Å². The van der Waals surface area contributed by atoms with E-state index in [1.54, 1.807) is 0 Å². The normalized spacial score (nSPS) is 12.2. The smallest absolute Gasteiger partial charge is 0.135 e. The second kappa shape index (κ2) is 22.0. The molecule has 2 aromatic heterocycles. The molecule has 0 aliphatic rings. The van der Waals surface area contributed by atoms with E-state index in [1.807, 2.05) is 23.5 Å². The molecule has 420 valence electrons. The molecule has 0 saturated heterocycles. The van der Waals surface area contributed by atoms with Gasteiger partial charge < -0.3 is 19.1 Å². The van der Waals surface area contributed by atoms with Crippen molar-refractivity contribution < 1.29 is 4.42 Å². The third kappa shape index (κ3) is 10.8. The highest BCUT2D eigenvalue weighted by molar-refractivity contribution is 7.25. The summed E-state index contributed by atoms with van der Waals surface area (Å²) in [4.78, 5) is 7.13. The number of benzene rings is 11. The Labute approximate surface area is 509 Å². The average Bonchev–Trinajstić information content (AvgIpc) is 2.12. The van der Waals surface area contributed by atoms with E-state index in [0.29, 0.717) is 5.02 Å². The molecule has 13 aromatic rings. The van der Waals surface area contributed by atoms with Crippen LogP contribution in [0.4, 0.5) is 51.2 Å². The summed E-state index contributed by atoms with van der Waals surface area (Å²) in [6.45, 7) is 20.4. The van der Waals surface area contributed by atoms with E-state index in [0.717, 1.165) is 78.7 Å². The van der Waals surface area contributed by atoms with E-state index in [-0.39, 0.29) is 22.2 Å². The number of furan rings is 1. The summed E-state index contributed by atoms with van der Waals surface area (Å²) < 4.78 is 8.89. The third-order valence-electron chi connectivity index (χ3n) is 16.7. The SMILES string of the molecule is CC(C)(C)c1ccc(N(c2cccc(N(c3ccc(C(C)(C)C)cc3)c3cc(C(c4ccccc4)c4ccccc4)cc(N(c4ccc(C(C)(C)C)cc4)c4ccc5c(c4)sc4ccccc45)c3Cl)c2)c2ccc3oc4ccccc4c3c2)cc1. The molecule has 0 amide bonds. The van der Waals surface area contributed by atoms with Gasteiger partial charge in [-0.05, 0) is 159 Å². The van der Waals surface area contributed by atoms with Crippen molar-refractivity contribution in [1.29, 1.82) is 0 Å². The minimum absolute atomic E-state index is 0.0234. The lowest BCUT2D eigenvalue weighted by Gasteiger charge is -2.34. The minimum atomic E-state index is -0.163. The number of halogens is 1. The molecule has 0 aliphatic carbocycles. The van der Waals surface area contributed by atoms with Gasteiger partial charge in [-0.2, -0.15) is 0 Å². The van der Waals surface area contributed by atoms with Crippen molar-refractivity contribution in [3.8, 4) is 0 Å². The first-order valence-corrected chi connectivity index (χ1v) is 30.7. The second-order valence-corrected chi connectivity index (χ2v) is 27.1. The molecule has 0 unspecified atom stereocenters. The van der Waals surface area contributed by atoms with Crippen molar-refractivity contribution >= 4 is 116 Å². The lowest BCUT2D eigenvalue weighted by molar-refractivity contribution is 0.590. The molecule has 85 heavy (non-hydrogen) atoms. The molecule has 2 heterocycles. The molecule has 6 heteroatoms. The van der Waals surface area contributed by atoms with Crippen LogP contribution < -0.4 is 14.7 Å². The largest absolute Gasteiger partial charge is 0.456 e. The maximum Gasteiger partial charge on any atom is 0.135 e. The first kappa shape index (κ1) is 55.3. The van der Waals surface area contributed by atoms with Crippen LogP contribution in [0.1, 0.15) is 102 Å². The molecule has 13 rings (SSSR count). The van der Waals surface area contributed by atoms with Gasteiger partial charge >= 0.3 is 0 Å². The summed E-state index contributed by atoms with van der Waals surface area (Å²) in [5.41, 5.74) is 17.5. The van der Waals surface area contributed by atoms with Gasteiger partial charge in [-0.3, -0.25) is 0 Å². The zero-order valence-electron chi connectivity index (χ0n) is 49.9. The maximum absolute atomic E-state index is 8.49. The highest BCUT2D eigenvalue weighted by Crippen LogP contribution is 2.52. The second-order valence-electron chi connectivity index (χ2n) is 25.6. The Bertz CT molecular complexity index is 4500. The van der Waals surface area contributed by atoms with Gasteiger partial charge in [-0.1, -0.05) is 220 Å². The molecular formula is C79H70ClN3OS. The van der Waals surface area contributed by atoms with E-state index >= 15 is 0 Å². The van der Waals surface area contributed by atoms with Crippen LogP contribution in [0.15, 0.2) is 259 Å². The molecule has 0 saturated carbocycles. The van der Waals surface area contributed by atoms with Crippen LogP contribution in [0, 0.1) is 0 Å². The summed E-state index contributed by atoms with van der Waals surface area (Å²) in [6.07, 6.45) is 0. The molecule has 0 bridgehead atoms. The molecule has 0 spiro atoms. The number of hydrogen-bond donors (Lipinski definition) is 0. The van der Waals surface area contributed by atoms with Gasteiger partial charge in [0.05, 0.1) is 16.4 Å². The lowest BCUT2D eigenvalue weighted by atomic mass is 9.84. The molecular weight excluding hydrogens is 1070 g/mol. The molecule has 0 atom stereocenters. The number of anilines is 9. The predicted molar refractivity (Wildman–Crippen MR) is 366 cm³/mol. The fourth-order valence-corrected chi connectivity index (χ4v) is 13.5. The topological polar surface area (TPSA) is 22.9 Å². The van der Waals surface area contributed by atoms with E-state index in [1.165, 1.54) is 48.0 Å². The molecule has 11 aromatic carbocycles. The van der Waals surface area contributed by atoms with Crippen molar-refractivity contribution in [3.05, 3.63) is 293 Å². The predicted octanol–water partition coefficient (Wildman–Crippen LogP) is 24.1. The van der Waals surface area contributed by atoms with Crippen molar-refractivity contribution in [3.63, 3.8) is 0 Å². The number of para-hydroxylation sites is 1. The summed E-state index contributed by atoms with van der Waals surface area (Å²) in [6, 6.07) is 93.2. The number of rotatable bonds is 12. The number of nitrogens with zero attached hydrogens (tertiary/aromatic N) is 3. The third-order valence-corrected chi connectivity index (χ3v) is 18.2. The average molecular weight is 1140 g/mol. The van der Waals surface area contributed by atoms with Crippen LogP contribution in [-0.4, -0.2) is 0 Å². The summed E-state index contributed by atoms with van der Waals surface area (Å²) in [7, 11) is 0. The Morgan fingerprint density at radius 1 is 0.318 bits per heavy atom. The monoisotopic (exact) mass is 1140 g/mol. The molecule has 0 radical (unpaired) electrons. The lowest BCUT2D eigenvalue weighted by Crippen LogP contribution is -2.18. The fraction of sp³-hybridized carbons (Fsp3) is 0.165. The van der Waals surface area contributed by atoms with Gasteiger partial charge in [-0.25, -0.2) is 0 Å². The Hall–Kier alpha value is -8.87. The van der Waals surface area contributed by atoms with Crippen molar-refractivity contribution in [2.75, 3.05) is 14.7 Å². The molecule has 0 N–H and O–H groups in total. The van der Waals surface area contributed by atoms with E-state index < -0.39 is 0 Å². The van der Waals surface area contributed by atoms with E-state index in [2.05, 4.69) is 320 Å². The summed E-state index contributed by atoms with van der Waals surface area (Å²) in [5.74, 6) is -0.163. The van der Waals surface area contributed by atoms with Crippen LogP contribution in [0.5, 0.6) is 0 Å². The van der Waals surface area contributed by atoms with Gasteiger partial charge in [0.25, 0.3) is 0 Å². The first-order chi connectivity index (χ1) is 40.9. The fourth-order valence-electron chi connectivity index (χ4n) is 12.1. The van der Waals surface area contributed by atoms with Gasteiger partial charge in [0.2, 0.25) is 0 Å². The molecule has 0 aliphatic heterocycles. The maximum atomic E-state index is 8.49. The zero-order chi connectivity index (χ0) is 58.8. The highest BCUT2D eigenvalue weighted by atomic mass is 35.5.